The van der Waals surface area contributed by atoms with Crippen molar-refractivity contribution in [3.05, 3.63) is 69.8 Å². The van der Waals surface area contributed by atoms with Gasteiger partial charge in [-0.15, -0.1) is 0 Å². The number of amides is 1. The molecule has 2 aromatic rings. The van der Waals surface area contributed by atoms with E-state index in [1.165, 1.54) is 0 Å². The molecule has 0 saturated carbocycles. The van der Waals surface area contributed by atoms with Crippen molar-refractivity contribution in [3.8, 4) is 5.75 Å². The number of halogens is 1. The van der Waals surface area contributed by atoms with E-state index in [1.807, 2.05) is 62.4 Å². The predicted molar refractivity (Wildman–Crippen MR) is 115 cm³/mol. The number of ether oxygens (including phenoxy) is 1. The Morgan fingerprint density at radius 3 is 2.48 bits per heavy atom. The van der Waals surface area contributed by atoms with Gasteiger partial charge in [0.05, 0.1) is 18.2 Å². The lowest BCUT2D eigenvalue weighted by Gasteiger charge is -2.30. The monoisotopic (exact) mass is 445 g/mol. The minimum atomic E-state index is -0.324. The van der Waals surface area contributed by atoms with Gasteiger partial charge in [0.2, 0.25) is 0 Å². The van der Waals surface area contributed by atoms with Crippen LogP contribution in [0.5, 0.6) is 5.75 Å². The van der Waals surface area contributed by atoms with Gasteiger partial charge >= 0.3 is 0 Å². The zero-order chi connectivity index (χ0) is 19.4. The molecule has 0 bridgehead atoms. The predicted octanol–water partition coefficient (Wildman–Crippen LogP) is 4.28. The average Bonchev–Trinajstić information content (AvgIpc) is 2.63. The molecule has 5 nitrogen and oxygen atoms in total. The first-order chi connectivity index (χ1) is 13.0. The first-order valence-electron chi connectivity index (χ1n) is 8.56. The Kier molecular flexibility index (Phi) is 6.13. The van der Waals surface area contributed by atoms with Crippen LogP contribution in [0.25, 0.3) is 0 Å². The number of anilines is 1. The van der Waals surface area contributed by atoms with E-state index in [0.29, 0.717) is 23.0 Å². The molecule has 1 heterocycles. The lowest BCUT2D eigenvalue weighted by atomic mass is 9.95. The maximum absolute atomic E-state index is 13.0. The Hall–Kier alpha value is -2.38. The second kappa shape index (κ2) is 8.54. The van der Waals surface area contributed by atoms with Gasteiger partial charge in [-0.25, -0.2) is 0 Å². The maximum atomic E-state index is 13.0. The fourth-order valence-electron chi connectivity index (χ4n) is 2.90. The zero-order valence-electron chi connectivity index (χ0n) is 15.0. The number of carbonyl (C=O) groups is 1. The Morgan fingerprint density at radius 1 is 1.19 bits per heavy atom. The van der Waals surface area contributed by atoms with Gasteiger partial charge in [-0.1, -0.05) is 28.1 Å². The van der Waals surface area contributed by atoms with Crippen LogP contribution >= 0.6 is 28.1 Å². The van der Waals surface area contributed by atoms with E-state index in [4.69, 9.17) is 17.0 Å². The summed E-state index contributed by atoms with van der Waals surface area (Å²) in [4.78, 5) is 13.0. The molecule has 1 aliphatic heterocycles. The van der Waals surface area contributed by atoms with Crippen LogP contribution in [-0.2, 0) is 4.79 Å². The van der Waals surface area contributed by atoms with Gasteiger partial charge in [-0.2, -0.15) is 0 Å². The van der Waals surface area contributed by atoms with Crippen molar-refractivity contribution in [1.29, 1.82) is 0 Å². The molecule has 3 N–H and O–H groups in total. The Bertz CT molecular complexity index is 879. The number of hydrogen-bond donors (Lipinski definition) is 3. The lowest BCUT2D eigenvalue weighted by molar-refractivity contribution is -0.113. The largest absolute Gasteiger partial charge is 0.494 e. The highest BCUT2D eigenvalue weighted by Crippen LogP contribution is 2.29. The number of allylic oxidation sites excluding steroid dienone is 1. The van der Waals surface area contributed by atoms with Crippen LogP contribution in [0.15, 0.2) is 64.3 Å². The van der Waals surface area contributed by atoms with Crippen LogP contribution < -0.4 is 20.7 Å². The number of hydrogen-bond acceptors (Lipinski definition) is 3. The van der Waals surface area contributed by atoms with Gasteiger partial charge in [-0.05, 0) is 68.0 Å². The Labute approximate surface area is 172 Å². The summed E-state index contributed by atoms with van der Waals surface area (Å²) in [5.41, 5.74) is 2.99. The van der Waals surface area contributed by atoms with Gasteiger partial charge in [0.25, 0.3) is 5.91 Å². The topological polar surface area (TPSA) is 62.4 Å². The van der Waals surface area contributed by atoms with Gasteiger partial charge < -0.3 is 20.7 Å². The summed E-state index contributed by atoms with van der Waals surface area (Å²) in [6, 6.07) is 14.8. The summed E-state index contributed by atoms with van der Waals surface area (Å²) >= 11 is 8.72. The molecular formula is C20H20BrN3O2S. The van der Waals surface area contributed by atoms with Crippen molar-refractivity contribution in [2.75, 3.05) is 11.9 Å². The lowest BCUT2D eigenvalue weighted by Crippen LogP contribution is -2.45. The molecule has 1 amide bonds. The van der Waals surface area contributed by atoms with E-state index < -0.39 is 0 Å². The summed E-state index contributed by atoms with van der Waals surface area (Å²) in [6.07, 6.45) is 0. The van der Waals surface area contributed by atoms with Crippen LogP contribution in [0.2, 0.25) is 0 Å². The molecule has 0 saturated heterocycles. The van der Waals surface area contributed by atoms with E-state index in [2.05, 4.69) is 31.9 Å². The van der Waals surface area contributed by atoms with E-state index in [0.717, 1.165) is 21.5 Å². The molecular weight excluding hydrogens is 426 g/mol. The molecule has 0 unspecified atom stereocenters. The van der Waals surface area contributed by atoms with Crippen molar-refractivity contribution < 1.29 is 9.53 Å². The molecule has 3 rings (SSSR count). The number of rotatable bonds is 5. The highest BCUT2D eigenvalue weighted by molar-refractivity contribution is 9.10. The van der Waals surface area contributed by atoms with Crippen molar-refractivity contribution in [2.24, 2.45) is 0 Å². The molecule has 0 fully saturated rings. The summed E-state index contributed by atoms with van der Waals surface area (Å²) in [5.74, 6) is 0.581. The first kappa shape index (κ1) is 19.4. The molecule has 7 heteroatoms. The quantitative estimate of drug-likeness (QED) is 0.599. The van der Waals surface area contributed by atoms with E-state index in [-0.39, 0.29) is 11.9 Å². The van der Waals surface area contributed by atoms with Gasteiger partial charge in [-0.3, -0.25) is 4.79 Å². The van der Waals surface area contributed by atoms with Gasteiger partial charge in [0.15, 0.2) is 5.11 Å². The van der Waals surface area contributed by atoms with Crippen molar-refractivity contribution in [3.63, 3.8) is 0 Å². The van der Waals surface area contributed by atoms with E-state index in [1.54, 1.807) is 0 Å². The normalized spacial score (nSPS) is 16.4. The second-order valence-electron chi connectivity index (χ2n) is 6.03. The molecule has 0 aliphatic carbocycles. The van der Waals surface area contributed by atoms with Crippen LogP contribution in [0.1, 0.15) is 25.5 Å². The highest BCUT2D eigenvalue weighted by Gasteiger charge is 2.29. The van der Waals surface area contributed by atoms with Gasteiger partial charge in [0, 0.05) is 15.9 Å². The third kappa shape index (κ3) is 4.67. The van der Waals surface area contributed by atoms with E-state index in [9.17, 15) is 4.79 Å². The second-order valence-corrected chi connectivity index (χ2v) is 7.36. The standard InChI is InChI=1S/C20H20BrN3O2S/c1-3-26-16-10-8-15(9-11-16)23-19(25)17-12(2)22-20(27)24-18(17)13-4-6-14(21)7-5-13/h4-11,18H,3H2,1-2H3,(H,23,25)(H2,22,24,27)/t18-/m0/s1. The summed E-state index contributed by atoms with van der Waals surface area (Å²) in [6.45, 7) is 4.39. The summed E-state index contributed by atoms with van der Waals surface area (Å²) in [7, 11) is 0. The molecule has 0 aromatic heterocycles. The summed E-state index contributed by atoms with van der Waals surface area (Å²) < 4.78 is 6.41. The smallest absolute Gasteiger partial charge is 0.255 e. The fraction of sp³-hybridized carbons (Fsp3) is 0.200. The number of carbonyl (C=O) groups excluding carboxylic acids is 1. The molecule has 1 aliphatic rings. The number of benzene rings is 2. The minimum absolute atomic E-state index is 0.188. The van der Waals surface area contributed by atoms with Crippen molar-refractivity contribution in [1.82, 2.24) is 10.6 Å². The molecule has 2 aromatic carbocycles. The highest BCUT2D eigenvalue weighted by atomic mass is 79.9. The minimum Gasteiger partial charge on any atom is -0.494 e. The zero-order valence-corrected chi connectivity index (χ0v) is 17.4. The summed E-state index contributed by atoms with van der Waals surface area (Å²) in [5, 5.41) is 9.68. The molecule has 0 spiro atoms. The molecule has 27 heavy (non-hydrogen) atoms. The SMILES string of the molecule is CCOc1ccc(NC(=O)C2=C(C)NC(=S)N[C@H]2c2ccc(Br)cc2)cc1. The molecule has 1 atom stereocenters. The first-order valence-corrected chi connectivity index (χ1v) is 9.76. The van der Waals surface area contributed by atoms with Crippen LogP contribution in [0.4, 0.5) is 5.69 Å². The Morgan fingerprint density at radius 2 is 1.85 bits per heavy atom. The van der Waals surface area contributed by atoms with Gasteiger partial charge in [0.1, 0.15) is 5.75 Å². The van der Waals surface area contributed by atoms with Crippen LogP contribution in [0.3, 0.4) is 0 Å². The van der Waals surface area contributed by atoms with Crippen molar-refractivity contribution in [2.45, 2.75) is 19.9 Å². The molecule has 0 radical (unpaired) electrons. The number of nitrogens with one attached hydrogen (secondary N) is 3. The van der Waals surface area contributed by atoms with Crippen LogP contribution in [0, 0.1) is 0 Å². The maximum Gasteiger partial charge on any atom is 0.255 e. The average molecular weight is 446 g/mol. The van der Waals surface area contributed by atoms with Crippen LogP contribution in [-0.4, -0.2) is 17.6 Å². The fourth-order valence-corrected chi connectivity index (χ4v) is 3.43. The number of thiocarbonyl (C=S) groups is 1. The Balaban J connectivity index is 1.86. The third-order valence-electron chi connectivity index (χ3n) is 4.14. The van der Waals surface area contributed by atoms with Crippen molar-refractivity contribution >= 4 is 44.9 Å². The molecule has 140 valence electrons. The van der Waals surface area contributed by atoms with E-state index >= 15 is 0 Å². The third-order valence-corrected chi connectivity index (χ3v) is 4.89.